The summed E-state index contributed by atoms with van der Waals surface area (Å²) in [5, 5.41) is 0. The highest BCUT2D eigenvalue weighted by atomic mass is 19.4. The maximum atomic E-state index is 12.9. The molecule has 0 amide bonds. The SMILES string of the molecule is O=C(/C=C/c1ccccc1C(F)(F)F)CC(=O)/C=C/c1ccccc1C(F)(F)F. The minimum atomic E-state index is -4.60. The van der Waals surface area contributed by atoms with Crippen LogP contribution in [0, 0.1) is 0 Å². The van der Waals surface area contributed by atoms with Gasteiger partial charge in [0, 0.05) is 0 Å². The molecule has 2 rings (SSSR count). The molecule has 0 spiro atoms. The summed E-state index contributed by atoms with van der Waals surface area (Å²) in [6.45, 7) is 0. The molecule has 29 heavy (non-hydrogen) atoms. The van der Waals surface area contributed by atoms with Gasteiger partial charge in [0.15, 0.2) is 11.6 Å². The van der Waals surface area contributed by atoms with E-state index in [1.807, 2.05) is 0 Å². The van der Waals surface area contributed by atoms with Crippen LogP contribution in [0.15, 0.2) is 60.7 Å². The van der Waals surface area contributed by atoms with Crippen LogP contribution in [0.1, 0.15) is 28.7 Å². The van der Waals surface area contributed by atoms with Crippen LogP contribution in [0.2, 0.25) is 0 Å². The Bertz CT molecular complexity index is 875. The summed E-state index contributed by atoms with van der Waals surface area (Å²) < 4.78 is 77.4. The van der Waals surface area contributed by atoms with Gasteiger partial charge in [-0.25, -0.2) is 0 Å². The predicted molar refractivity (Wildman–Crippen MR) is 95.6 cm³/mol. The van der Waals surface area contributed by atoms with Gasteiger partial charge in [-0.2, -0.15) is 26.3 Å². The molecule has 0 aliphatic heterocycles. The van der Waals surface area contributed by atoms with Gasteiger partial charge in [0.1, 0.15) is 0 Å². The van der Waals surface area contributed by atoms with Crippen molar-refractivity contribution in [1.82, 2.24) is 0 Å². The van der Waals surface area contributed by atoms with Gasteiger partial charge in [-0.15, -0.1) is 0 Å². The molecule has 0 fully saturated rings. The van der Waals surface area contributed by atoms with Crippen molar-refractivity contribution in [1.29, 1.82) is 0 Å². The van der Waals surface area contributed by atoms with E-state index in [1.54, 1.807) is 0 Å². The van der Waals surface area contributed by atoms with Crippen LogP contribution in [0.25, 0.3) is 12.2 Å². The number of rotatable bonds is 6. The van der Waals surface area contributed by atoms with Crippen LogP contribution in [0.5, 0.6) is 0 Å². The van der Waals surface area contributed by atoms with E-state index in [-0.39, 0.29) is 11.1 Å². The molecule has 0 radical (unpaired) electrons. The topological polar surface area (TPSA) is 34.1 Å². The quantitative estimate of drug-likeness (QED) is 0.332. The number of hydrogen-bond acceptors (Lipinski definition) is 2. The number of hydrogen-bond donors (Lipinski definition) is 0. The summed E-state index contributed by atoms with van der Waals surface area (Å²) in [5.74, 6) is -1.55. The molecule has 0 saturated carbocycles. The largest absolute Gasteiger partial charge is 0.416 e. The highest BCUT2D eigenvalue weighted by Crippen LogP contribution is 2.33. The van der Waals surface area contributed by atoms with Crippen LogP contribution >= 0.6 is 0 Å². The zero-order chi connectivity index (χ0) is 21.7. The van der Waals surface area contributed by atoms with Crippen molar-refractivity contribution in [3.05, 3.63) is 82.9 Å². The number of benzene rings is 2. The number of carbonyl (C=O) groups is 2. The van der Waals surface area contributed by atoms with Gasteiger partial charge < -0.3 is 0 Å². The predicted octanol–water partition coefficient (Wildman–Crippen LogP) is 5.98. The van der Waals surface area contributed by atoms with Crippen LogP contribution in [0.4, 0.5) is 26.3 Å². The number of ketones is 2. The Morgan fingerprint density at radius 2 is 1.00 bits per heavy atom. The standard InChI is InChI=1S/C21H14F6O2/c22-20(23,24)18-7-3-1-5-14(18)9-11-16(28)13-17(29)12-10-15-6-2-4-8-19(15)21(25,26)27/h1-12H,13H2/b11-9+,12-10+. The molecular weight excluding hydrogens is 398 g/mol. The summed E-state index contributed by atoms with van der Waals surface area (Å²) in [5.41, 5.74) is -2.34. The number of halogens is 6. The van der Waals surface area contributed by atoms with E-state index in [0.29, 0.717) is 0 Å². The number of allylic oxidation sites excluding steroid dienone is 2. The fraction of sp³-hybridized carbons (Fsp3) is 0.143. The van der Waals surface area contributed by atoms with Crippen molar-refractivity contribution < 1.29 is 35.9 Å². The van der Waals surface area contributed by atoms with Gasteiger partial charge >= 0.3 is 12.4 Å². The molecule has 2 aromatic rings. The van der Waals surface area contributed by atoms with Crippen molar-refractivity contribution in [3.63, 3.8) is 0 Å². The van der Waals surface area contributed by atoms with Gasteiger partial charge in [0.25, 0.3) is 0 Å². The molecule has 0 aromatic heterocycles. The van der Waals surface area contributed by atoms with Crippen molar-refractivity contribution in [2.45, 2.75) is 18.8 Å². The average Bonchev–Trinajstić information content (AvgIpc) is 2.63. The number of alkyl halides is 6. The molecule has 0 heterocycles. The molecular formula is C21H14F6O2. The zero-order valence-corrected chi connectivity index (χ0v) is 14.7. The zero-order valence-electron chi connectivity index (χ0n) is 14.7. The Kier molecular flexibility index (Phi) is 6.79. The van der Waals surface area contributed by atoms with Gasteiger partial charge in [0.05, 0.1) is 17.5 Å². The van der Waals surface area contributed by atoms with Crippen LogP contribution in [-0.2, 0) is 21.9 Å². The lowest BCUT2D eigenvalue weighted by Crippen LogP contribution is -2.08. The van der Waals surface area contributed by atoms with Crippen molar-refractivity contribution >= 4 is 23.7 Å². The van der Waals surface area contributed by atoms with Gasteiger partial charge in [-0.05, 0) is 35.4 Å². The molecule has 8 heteroatoms. The van der Waals surface area contributed by atoms with Crippen LogP contribution < -0.4 is 0 Å². The van der Waals surface area contributed by atoms with E-state index in [2.05, 4.69) is 0 Å². The summed E-state index contributed by atoms with van der Waals surface area (Å²) in [6.07, 6.45) is -6.33. The molecule has 0 bridgehead atoms. The van der Waals surface area contributed by atoms with Gasteiger partial charge in [-0.3, -0.25) is 9.59 Å². The summed E-state index contributed by atoms with van der Waals surface area (Å²) in [6, 6.07) is 9.19. The summed E-state index contributed by atoms with van der Waals surface area (Å²) in [4.78, 5) is 23.6. The monoisotopic (exact) mass is 412 g/mol. The van der Waals surface area contributed by atoms with Crippen LogP contribution in [-0.4, -0.2) is 11.6 Å². The number of carbonyl (C=O) groups excluding carboxylic acids is 2. The first-order valence-corrected chi connectivity index (χ1v) is 8.23. The van der Waals surface area contributed by atoms with E-state index in [9.17, 15) is 35.9 Å². The molecule has 152 valence electrons. The Hall–Kier alpha value is -3.16. The van der Waals surface area contributed by atoms with Crippen LogP contribution in [0.3, 0.4) is 0 Å². The van der Waals surface area contributed by atoms with Gasteiger partial charge in [-0.1, -0.05) is 48.6 Å². The lowest BCUT2D eigenvalue weighted by molar-refractivity contribution is -0.138. The normalized spacial score (nSPS) is 12.6. The first-order chi connectivity index (χ1) is 13.5. The Morgan fingerprint density at radius 1 is 0.655 bits per heavy atom. The van der Waals surface area contributed by atoms with Crippen molar-refractivity contribution in [2.24, 2.45) is 0 Å². The second kappa shape index (κ2) is 8.89. The molecule has 0 unspecified atom stereocenters. The Balaban J connectivity index is 2.07. The molecule has 0 N–H and O–H groups in total. The third-order valence-electron chi connectivity index (χ3n) is 3.78. The summed E-state index contributed by atoms with van der Waals surface area (Å²) >= 11 is 0. The molecule has 0 saturated heterocycles. The maximum absolute atomic E-state index is 12.9. The minimum Gasteiger partial charge on any atom is -0.294 e. The van der Waals surface area contributed by atoms with E-state index in [0.717, 1.165) is 36.4 Å². The maximum Gasteiger partial charge on any atom is 0.416 e. The molecule has 0 aliphatic rings. The molecule has 2 nitrogen and oxygen atoms in total. The molecule has 0 aliphatic carbocycles. The van der Waals surface area contributed by atoms with E-state index < -0.39 is 41.5 Å². The molecule has 2 aromatic carbocycles. The van der Waals surface area contributed by atoms with Gasteiger partial charge in [0.2, 0.25) is 0 Å². The van der Waals surface area contributed by atoms with E-state index >= 15 is 0 Å². The fourth-order valence-corrected chi connectivity index (χ4v) is 2.46. The highest BCUT2D eigenvalue weighted by molar-refractivity contribution is 6.11. The van der Waals surface area contributed by atoms with Crippen molar-refractivity contribution in [2.75, 3.05) is 0 Å². The average molecular weight is 412 g/mol. The van der Waals surface area contributed by atoms with Crippen molar-refractivity contribution in [3.8, 4) is 0 Å². The minimum absolute atomic E-state index is 0.240. The van der Waals surface area contributed by atoms with E-state index in [1.165, 1.54) is 36.4 Å². The smallest absolute Gasteiger partial charge is 0.294 e. The first kappa shape index (κ1) is 22.1. The summed E-state index contributed by atoms with van der Waals surface area (Å²) in [7, 11) is 0. The lowest BCUT2D eigenvalue weighted by atomic mass is 10.0. The third kappa shape index (κ3) is 6.44. The second-order valence-corrected chi connectivity index (χ2v) is 5.95. The second-order valence-electron chi connectivity index (χ2n) is 5.95. The lowest BCUT2D eigenvalue weighted by Gasteiger charge is -2.09. The first-order valence-electron chi connectivity index (χ1n) is 8.23. The third-order valence-corrected chi connectivity index (χ3v) is 3.78. The fourth-order valence-electron chi connectivity index (χ4n) is 2.46. The molecule has 0 atom stereocenters. The van der Waals surface area contributed by atoms with E-state index in [4.69, 9.17) is 0 Å². The highest BCUT2D eigenvalue weighted by Gasteiger charge is 2.33. The Morgan fingerprint density at radius 3 is 1.34 bits per heavy atom. The Labute approximate surface area is 162 Å².